The van der Waals surface area contributed by atoms with Crippen LogP contribution in [0.5, 0.6) is 0 Å². The second kappa shape index (κ2) is 5.82. The van der Waals surface area contributed by atoms with E-state index in [0.29, 0.717) is 0 Å². The highest BCUT2D eigenvalue weighted by Gasteiger charge is 2.18. The van der Waals surface area contributed by atoms with E-state index in [1.54, 1.807) is 4.90 Å². The summed E-state index contributed by atoms with van der Waals surface area (Å²) in [6, 6.07) is 18.5. The minimum absolute atomic E-state index is 0.191. The predicted octanol–water partition coefficient (Wildman–Crippen LogP) is 2.48. The van der Waals surface area contributed by atoms with Crippen LogP contribution in [0.3, 0.4) is 0 Å². The molecule has 4 heteroatoms. The Morgan fingerprint density at radius 3 is 1.63 bits per heavy atom. The average molecular weight is 255 g/mol. The van der Waals surface area contributed by atoms with E-state index in [1.165, 1.54) is 0 Å². The molecule has 0 radical (unpaired) electrons. The number of aliphatic carboxylic acids is 1. The first-order valence-electron chi connectivity index (χ1n) is 5.82. The smallest absolute Gasteiger partial charge is 0.374 e. The summed E-state index contributed by atoms with van der Waals surface area (Å²) in [4.78, 5) is 23.9. The van der Waals surface area contributed by atoms with Gasteiger partial charge < -0.3 is 10.0 Å². The number of para-hydroxylation sites is 2. The van der Waals surface area contributed by atoms with Gasteiger partial charge in [-0.1, -0.05) is 36.4 Å². The van der Waals surface area contributed by atoms with Gasteiger partial charge in [0.1, 0.15) is 0 Å². The molecule has 0 saturated heterocycles. The lowest BCUT2D eigenvalue weighted by Gasteiger charge is -2.23. The maximum Gasteiger partial charge on any atom is 0.374 e. The number of anilines is 2. The summed E-state index contributed by atoms with van der Waals surface area (Å²) >= 11 is 0. The second-order valence-corrected chi connectivity index (χ2v) is 3.99. The fourth-order valence-electron chi connectivity index (χ4n) is 1.76. The van der Waals surface area contributed by atoms with E-state index in [1.807, 2.05) is 60.7 Å². The maximum absolute atomic E-state index is 11.5. The largest absolute Gasteiger partial charge is 0.475 e. The number of ketones is 1. The maximum atomic E-state index is 11.5. The Morgan fingerprint density at radius 2 is 1.26 bits per heavy atom. The molecule has 0 spiro atoms. The molecule has 96 valence electrons. The first-order chi connectivity index (χ1) is 9.18. The standard InChI is InChI=1S/C15H13NO3/c17-14(15(18)19)11-16(12-7-3-1-4-8-12)13-9-5-2-6-10-13/h1-10H,11H2,(H,18,19). The van der Waals surface area contributed by atoms with Gasteiger partial charge in [-0.05, 0) is 24.3 Å². The molecule has 19 heavy (non-hydrogen) atoms. The highest BCUT2D eigenvalue weighted by molar-refractivity contribution is 6.34. The van der Waals surface area contributed by atoms with Crippen molar-refractivity contribution in [2.24, 2.45) is 0 Å². The van der Waals surface area contributed by atoms with Gasteiger partial charge in [-0.15, -0.1) is 0 Å². The average Bonchev–Trinajstić information content (AvgIpc) is 2.46. The van der Waals surface area contributed by atoms with Crippen LogP contribution in [0.4, 0.5) is 11.4 Å². The number of nitrogens with zero attached hydrogens (tertiary/aromatic N) is 1. The number of carbonyl (C=O) groups is 2. The van der Waals surface area contributed by atoms with Gasteiger partial charge in [0, 0.05) is 11.4 Å². The summed E-state index contributed by atoms with van der Waals surface area (Å²) in [5.74, 6) is -2.26. The molecule has 0 fully saturated rings. The first kappa shape index (κ1) is 12.8. The fourth-order valence-corrected chi connectivity index (χ4v) is 1.76. The van der Waals surface area contributed by atoms with Crippen molar-refractivity contribution >= 4 is 23.1 Å². The Hall–Kier alpha value is -2.62. The van der Waals surface area contributed by atoms with E-state index >= 15 is 0 Å². The molecular formula is C15H13NO3. The number of carboxylic acids is 1. The Balaban J connectivity index is 2.34. The predicted molar refractivity (Wildman–Crippen MR) is 72.5 cm³/mol. The molecule has 4 nitrogen and oxygen atoms in total. The Labute approximate surface area is 110 Å². The van der Waals surface area contributed by atoms with Crippen molar-refractivity contribution in [2.75, 3.05) is 11.4 Å². The third-order valence-electron chi connectivity index (χ3n) is 2.68. The van der Waals surface area contributed by atoms with Crippen LogP contribution in [0.1, 0.15) is 0 Å². The van der Waals surface area contributed by atoms with Gasteiger partial charge in [-0.25, -0.2) is 4.79 Å². The van der Waals surface area contributed by atoms with Crippen molar-refractivity contribution < 1.29 is 14.7 Å². The number of benzene rings is 2. The van der Waals surface area contributed by atoms with Crippen molar-refractivity contribution in [2.45, 2.75) is 0 Å². The molecule has 1 N–H and O–H groups in total. The first-order valence-corrected chi connectivity index (χ1v) is 5.82. The fraction of sp³-hybridized carbons (Fsp3) is 0.0667. The summed E-state index contributed by atoms with van der Waals surface area (Å²) < 4.78 is 0. The van der Waals surface area contributed by atoms with E-state index in [4.69, 9.17) is 5.11 Å². The molecule has 2 aromatic rings. The van der Waals surface area contributed by atoms with Gasteiger partial charge in [-0.3, -0.25) is 4.79 Å². The molecule has 0 bridgehead atoms. The van der Waals surface area contributed by atoms with E-state index in [9.17, 15) is 9.59 Å². The summed E-state index contributed by atoms with van der Waals surface area (Å²) in [6.45, 7) is -0.191. The van der Waals surface area contributed by atoms with Gasteiger partial charge in [0.05, 0.1) is 6.54 Å². The van der Waals surface area contributed by atoms with Crippen molar-refractivity contribution in [3.8, 4) is 0 Å². The zero-order valence-corrected chi connectivity index (χ0v) is 10.2. The lowest BCUT2D eigenvalue weighted by molar-refractivity contribution is -0.148. The Morgan fingerprint density at radius 1 is 0.842 bits per heavy atom. The zero-order valence-electron chi connectivity index (χ0n) is 10.2. The number of hydrogen-bond acceptors (Lipinski definition) is 3. The van der Waals surface area contributed by atoms with Crippen LogP contribution in [-0.4, -0.2) is 23.4 Å². The molecule has 0 saturated carbocycles. The normalized spacial score (nSPS) is 9.89. The van der Waals surface area contributed by atoms with Gasteiger partial charge in [0.25, 0.3) is 5.78 Å². The number of rotatable bonds is 5. The quantitative estimate of drug-likeness (QED) is 0.834. The lowest BCUT2D eigenvalue weighted by atomic mass is 10.2. The lowest BCUT2D eigenvalue weighted by Crippen LogP contribution is -2.30. The van der Waals surface area contributed by atoms with Gasteiger partial charge in [0.2, 0.25) is 0 Å². The molecule has 2 rings (SSSR count). The minimum Gasteiger partial charge on any atom is -0.475 e. The highest BCUT2D eigenvalue weighted by Crippen LogP contribution is 2.24. The molecule has 2 aromatic carbocycles. The molecule has 0 aliphatic rings. The molecule has 0 atom stereocenters. The van der Waals surface area contributed by atoms with Crippen LogP contribution in [0.2, 0.25) is 0 Å². The van der Waals surface area contributed by atoms with E-state index in [-0.39, 0.29) is 6.54 Å². The number of hydrogen-bond donors (Lipinski definition) is 1. The number of carboxylic acid groups (broad SMARTS) is 1. The van der Waals surface area contributed by atoms with Gasteiger partial charge >= 0.3 is 5.97 Å². The number of carbonyl (C=O) groups excluding carboxylic acids is 1. The van der Waals surface area contributed by atoms with Crippen molar-refractivity contribution in [1.82, 2.24) is 0 Å². The molecular weight excluding hydrogens is 242 g/mol. The Kier molecular flexibility index (Phi) is 3.93. The van der Waals surface area contributed by atoms with E-state index in [2.05, 4.69) is 0 Å². The topological polar surface area (TPSA) is 57.6 Å². The molecule has 0 amide bonds. The molecule has 0 aliphatic heterocycles. The summed E-state index contributed by atoms with van der Waals surface area (Å²) in [5.41, 5.74) is 1.56. The van der Waals surface area contributed by atoms with Gasteiger partial charge in [-0.2, -0.15) is 0 Å². The summed E-state index contributed by atoms with van der Waals surface area (Å²) in [6.07, 6.45) is 0. The molecule has 0 unspecified atom stereocenters. The summed E-state index contributed by atoms with van der Waals surface area (Å²) in [7, 11) is 0. The van der Waals surface area contributed by atoms with Crippen LogP contribution in [-0.2, 0) is 9.59 Å². The van der Waals surface area contributed by atoms with Crippen LogP contribution in [0.15, 0.2) is 60.7 Å². The van der Waals surface area contributed by atoms with Crippen LogP contribution >= 0.6 is 0 Å². The minimum atomic E-state index is -1.42. The van der Waals surface area contributed by atoms with E-state index < -0.39 is 11.8 Å². The van der Waals surface area contributed by atoms with Crippen molar-refractivity contribution in [1.29, 1.82) is 0 Å². The third-order valence-corrected chi connectivity index (χ3v) is 2.68. The Bertz CT molecular complexity index is 527. The highest BCUT2D eigenvalue weighted by atomic mass is 16.4. The monoisotopic (exact) mass is 255 g/mol. The molecule has 0 aliphatic carbocycles. The summed E-state index contributed by atoms with van der Waals surface area (Å²) in [5, 5.41) is 8.75. The van der Waals surface area contributed by atoms with Crippen LogP contribution in [0.25, 0.3) is 0 Å². The molecule has 0 heterocycles. The SMILES string of the molecule is O=C(O)C(=O)CN(c1ccccc1)c1ccccc1. The second-order valence-electron chi connectivity index (χ2n) is 3.99. The van der Waals surface area contributed by atoms with Gasteiger partial charge in [0.15, 0.2) is 0 Å². The number of Topliss-reactive ketones (excluding diaryl/α,β-unsaturated/α-hetero) is 1. The zero-order chi connectivity index (χ0) is 13.7. The van der Waals surface area contributed by atoms with Crippen LogP contribution in [0, 0.1) is 0 Å². The molecule has 0 aromatic heterocycles. The van der Waals surface area contributed by atoms with E-state index in [0.717, 1.165) is 11.4 Å². The third kappa shape index (κ3) is 3.19. The van der Waals surface area contributed by atoms with Crippen LogP contribution < -0.4 is 4.90 Å². The van der Waals surface area contributed by atoms with Crippen molar-refractivity contribution in [3.05, 3.63) is 60.7 Å². The van der Waals surface area contributed by atoms with Crippen molar-refractivity contribution in [3.63, 3.8) is 0 Å².